The SMILES string of the molecule is C#CC1=CC(=NO)CCC1. The summed E-state index contributed by atoms with van der Waals surface area (Å²) in [7, 11) is 0. The quantitative estimate of drug-likeness (QED) is 0.305. The molecule has 0 unspecified atom stereocenters. The first-order valence-electron chi connectivity index (χ1n) is 3.25. The van der Waals surface area contributed by atoms with Gasteiger partial charge in [-0.2, -0.15) is 0 Å². The van der Waals surface area contributed by atoms with E-state index >= 15 is 0 Å². The molecule has 10 heavy (non-hydrogen) atoms. The molecule has 0 amide bonds. The summed E-state index contributed by atoms with van der Waals surface area (Å²) in [6, 6.07) is 0. The first kappa shape index (κ1) is 6.88. The molecule has 0 bridgehead atoms. The zero-order valence-corrected chi connectivity index (χ0v) is 5.67. The second kappa shape index (κ2) is 3.07. The van der Waals surface area contributed by atoms with E-state index in [0.717, 1.165) is 24.8 Å². The van der Waals surface area contributed by atoms with E-state index in [1.54, 1.807) is 6.08 Å². The maximum absolute atomic E-state index is 8.38. The lowest BCUT2D eigenvalue weighted by Gasteiger charge is -2.07. The zero-order valence-electron chi connectivity index (χ0n) is 5.67. The van der Waals surface area contributed by atoms with Gasteiger partial charge in [0.25, 0.3) is 0 Å². The molecule has 0 saturated carbocycles. The lowest BCUT2D eigenvalue weighted by atomic mass is 9.99. The normalized spacial score (nSPS) is 21.9. The molecular weight excluding hydrogens is 126 g/mol. The van der Waals surface area contributed by atoms with E-state index in [4.69, 9.17) is 11.6 Å². The van der Waals surface area contributed by atoms with Gasteiger partial charge in [-0.05, 0) is 25.3 Å². The summed E-state index contributed by atoms with van der Waals surface area (Å²) >= 11 is 0. The third-order valence-corrected chi connectivity index (χ3v) is 1.53. The number of hydrogen-bond acceptors (Lipinski definition) is 2. The summed E-state index contributed by atoms with van der Waals surface area (Å²) in [6.45, 7) is 0. The van der Waals surface area contributed by atoms with Gasteiger partial charge in [-0.1, -0.05) is 11.1 Å². The highest BCUT2D eigenvalue weighted by Crippen LogP contribution is 2.14. The van der Waals surface area contributed by atoms with Crippen LogP contribution in [-0.2, 0) is 0 Å². The Morgan fingerprint density at radius 2 is 2.40 bits per heavy atom. The van der Waals surface area contributed by atoms with Gasteiger partial charge in [0.05, 0.1) is 5.71 Å². The van der Waals surface area contributed by atoms with Crippen LogP contribution in [0, 0.1) is 12.3 Å². The molecule has 0 fully saturated rings. The predicted octanol–water partition coefficient (Wildman–Crippen LogP) is 1.56. The fourth-order valence-electron chi connectivity index (χ4n) is 0.998. The second-order valence-corrected chi connectivity index (χ2v) is 2.26. The van der Waals surface area contributed by atoms with Crippen molar-refractivity contribution in [1.82, 2.24) is 0 Å². The van der Waals surface area contributed by atoms with Gasteiger partial charge in [0.1, 0.15) is 0 Å². The van der Waals surface area contributed by atoms with Crippen LogP contribution in [0.4, 0.5) is 0 Å². The Hall–Kier alpha value is -1.23. The van der Waals surface area contributed by atoms with Crippen LogP contribution in [0.25, 0.3) is 0 Å². The number of rotatable bonds is 0. The van der Waals surface area contributed by atoms with Crippen LogP contribution < -0.4 is 0 Å². The minimum absolute atomic E-state index is 0.694. The van der Waals surface area contributed by atoms with E-state index in [-0.39, 0.29) is 0 Å². The Morgan fingerprint density at radius 1 is 1.60 bits per heavy atom. The fourth-order valence-corrected chi connectivity index (χ4v) is 0.998. The topological polar surface area (TPSA) is 32.6 Å². The summed E-state index contributed by atoms with van der Waals surface area (Å²) in [6.07, 6.45) is 9.70. The number of nitrogens with zero attached hydrogens (tertiary/aromatic N) is 1. The van der Waals surface area contributed by atoms with E-state index in [1.165, 1.54) is 0 Å². The molecule has 0 radical (unpaired) electrons. The van der Waals surface area contributed by atoms with Crippen LogP contribution in [0.3, 0.4) is 0 Å². The van der Waals surface area contributed by atoms with Crippen LogP contribution in [0.15, 0.2) is 16.8 Å². The van der Waals surface area contributed by atoms with Crippen LogP contribution in [-0.4, -0.2) is 10.9 Å². The highest BCUT2D eigenvalue weighted by molar-refractivity contribution is 5.96. The van der Waals surface area contributed by atoms with Crippen LogP contribution in [0.1, 0.15) is 19.3 Å². The summed E-state index contributed by atoms with van der Waals surface area (Å²) in [5.41, 5.74) is 1.62. The van der Waals surface area contributed by atoms with E-state index in [0.29, 0.717) is 5.71 Å². The highest BCUT2D eigenvalue weighted by atomic mass is 16.4. The number of terminal acetylenes is 1. The predicted molar refractivity (Wildman–Crippen MR) is 40.0 cm³/mol. The standard InChI is InChI=1S/C8H9NO/c1-2-7-4-3-5-8(6-7)9-10/h1,6,10H,3-5H2. The van der Waals surface area contributed by atoms with E-state index < -0.39 is 0 Å². The van der Waals surface area contributed by atoms with Crippen LogP contribution in [0.2, 0.25) is 0 Å². The molecule has 0 aliphatic heterocycles. The maximum atomic E-state index is 8.38. The zero-order chi connectivity index (χ0) is 7.40. The molecule has 0 saturated heterocycles. The van der Waals surface area contributed by atoms with Crippen molar-refractivity contribution < 1.29 is 5.21 Å². The first-order valence-corrected chi connectivity index (χ1v) is 3.25. The van der Waals surface area contributed by atoms with Gasteiger partial charge in [0.15, 0.2) is 0 Å². The van der Waals surface area contributed by atoms with E-state index in [9.17, 15) is 0 Å². The van der Waals surface area contributed by atoms with Gasteiger partial charge in [0, 0.05) is 5.57 Å². The Kier molecular flexibility index (Phi) is 2.11. The van der Waals surface area contributed by atoms with E-state index in [2.05, 4.69) is 11.1 Å². The van der Waals surface area contributed by atoms with Gasteiger partial charge in [-0.3, -0.25) is 0 Å². The van der Waals surface area contributed by atoms with Crippen molar-refractivity contribution in [3.63, 3.8) is 0 Å². The molecule has 0 aromatic rings. The highest BCUT2D eigenvalue weighted by Gasteiger charge is 2.05. The van der Waals surface area contributed by atoms with Crippen molar-refractivity contribution in [1.29, 1.82) is 0 Å². The minimum atomic E-state index is 0.694. The van der Waals surface area contributed by atoms with Gasteiger partial charge in [0.2, 0.25) is 0 Å². The molecule has 1 aliphatic rings. The second-order valence-electron chi connectivity index (χ2n) is 2.26. The van der Waals surface area contributed by atoms with Gasteiger partial charge in [-0.15, -0.1) is 6.42 Å². The molecule has 1 N–H and O–H groups in total. The van der Waals surface area contributed by atoms with Crippen molar-refractivity contribution >= 4 is 5.71 Å². The monoisotopic (exact) mass is 135 g/mol. The maximum Gasteiger partial charge on any atom is 0.0804 e. The summed E-state index contributed by atoms with van der Waals surface area (Å²) in [4.78, 5) is 0. The van der Waals surface area contributed by atoms with Crippen molar-refractivity contribution in [2.45, 2.75) is 19.3 Å². The van der Waals surface area contributed by atoms with Crippen molar-refractivity contribution in [2.24, 2.45) is 5.16 Å². The lowest BCUT2D eigenvalue weighted by Crippen LogP contribution is -2.01. The van der Waals surface area contributed by atoms with Gasteiger partial charge in [-0.25, -0.2) is 0 Å². The van der Waals surface area contributed by atoms with Gasteiger partial charge < -0.3 is 5.21 Å². The number of allylic oxidation sites excluding steroid dienone is 2. The molecular formula is C8H9NO. The lowest BCUT2D eigenvalue weighted by molar-refractivity contribution is 0.318. The Labute approximate surface area is 60.2 Å². The van der Waals surface area contributed by atoms with Crippen LogP contribution in [0.5, 0.6) is 0 Å². The summed E-state index contributed by atoms with van der Waals surface area (Å²) in [5, 5.41) is 11.5. The first-order chi connectivity index (χ1) is 4.86. The molecule has 1 rings (SSSR count). The Morgan fingerprint density at radius 3 is 3.00 bits per heavy atom. The summed E-state index contributed by atoms with van der Waals surface area (Å²) in [5.74, 6) is 2.54. The Balaban J connectivity index is 2.78. The average Bonchev–Trinajstić information content (AvgIpc) is 2.05. The smallest absolute Gasteiger partial charge is 0.0804 e. The molecule has 2 heteroatoms. The molecule has 0 heterocycles. The molecule has 0 spiro atoms. The molecule has 52 valence electrons. The molecule has 0 atom stereocenters. The Bertz CT molecular complexity index is 220. The van der Waals surface area contributed by atoms with Crippen molar-refractivity contribution in [3.8, 4) is 12.3 Å². The van der Waals surface area contributed by atoms with Gasteiger partial charge >= 0.3 is 0 Å². The molecule has 0 aromatic heterocycles. The third kappa shape index (κ3) is 1.38. The summed E-state index contributed by atoms with van der Waals surface area (Å²) < 4.78 is 0. The van der Waals surface area contributed by atoms with E-state index in [1.807, 2.05) is 0 Å². The number of oxime groups is 1. The van der Waals surface area contributed by atoms with Crippen molar-refractivity contribution in [2.75, 3.05) is 0 Å². The average molecular weight is 135 g/mol. The largest absolute Gasteiger partial charge is 0.411 e. The van der Waals surface area contributed by atoms with Crippen molar-refractivity contribution in [3.05, 3.63) is 11.6 Å². The molecule has 1 aliphatic carbocycles. The minimum Gasteiger partial charge on any atom is -0.411 e. The molecule has 0 aromatic carbocycles. The third-order valence-electron chi connectivity index (χ3n) is 1.53. The number of hydrogen-bond donors (Lipinski definition) is 1. The van der Waals surface area contributed by atoms with Crippen LogP contribution >= 0.6 is 0 Å². The fraction of sp³-hybridized carbons (Fsp3) is 0.375. The molecule has 2 nitrogen and oxygen atoms in total.